The molecule has 0 spiro atoms. The summed E-state index contributed by atoms with van der Waals surface area (Å²) in [6, 6.07) is 4.70. The van der Waals surface area contributed by atoms with Gasteiger partial charge in [-0.2, -0.15) is 0 Å². The number of benzene rings is 1. The molecule has 20 heavy (non-hydrogen) atoms. The zero-order valence-electron chi connectivity index (χ0n) is 12.1. The molecule has 1 aliphatic rings. The van der Waals surface area contributed by atoms with Gasteiger partial charge in [-0.05, 0) is 31.0 Å². The standard InChI is InChI=1S/C15H23FN2O2/c1-11-9-18(6-3-7-20-11)10-14(17)12-4-5-15(19-2)13(16)8-12/h4-5,8,11,14H,3,6-7,9-10,17H2,1-2H3. The number of nitrogens with two attached hydrogens (primary N) is 1. The van der Waals surface area contributed by atoms with Crippen molar-refractivity contribution in [2.45, 2.75) is 25.5 Å². The van der Waals surface area contributed by atoms with Crippen LogP contribution in [0.5, 0.6) is 5.75 Å². The van der Waals surface area contributed by atoms with Crippen LogP contribution in [0.2, 0.25) is 0 Å². The lowest BCUT2D eigenvalue weighted by molar-refractivity contribution is 0.0670. The lowest BCUT2D eigenvalue weighted by Crippen LogP contribution is -2.36. The molecule has 5 heteroatoms. The largest absolute Gasteiger partial charge is 0.494 e. The van der Waals surface area contributed by atoms with Gasteiger partial charge in [0.15, 0.2) is 11.6 Å². The smallest absolute Gasteiger partial charge is 0.165 e. The van der Waals surface area contributed by atoms with Crippen molar-refractivity contribution >= 4 is 0 Å². The van der Waals surface area contributed by atoms with Crippen LogP contribution in [0.15, 0.2) is 18.2 Å². The Labute approximate surface area is 119 Å². The molecule has 1 saturated heterocycles. The first-order chi connectivity index (χ1) is 9.60. The minimum absolute atomic E-state index is 0.208. The topological polar surface area (TPSA) is 47.7 Å². The fourth-order valence-corrected chi connectivity index (χ4v) is 2.54. The minimum atomic E-state index is -0.368. The van der Waals surface area contributed by atoms with E-state index >= 15 is 0 Å². The number of nitrogens with zero attached hydrogens (tertiary/aromatic N) is 1. The number of rotatable bonds is 4. The number of halogens is 1. The van der Waals surface area contributed by atoms with Crippen LogP contribution in [0.3, 0.4) is 0 Å². The van der Waals surface area contributed by atoms with Gasteiger partial charge in [0.25, 0.3) is 0 Å². The first-order valence-electron chi connectivity index (χ1n) is 7.03. The van der Waals surface area contributed by atoms with Crippen LogP contribution >= 0.6 is 0 Å². The molecule has 0 radical (unpaired) electrons. The molecule has 1 fully saturated rings. The monoisotopic (exact) mass is 282 g/mol. The molecule has 0 saturated carbocycles. The first-order valence-corrected chi connectivity index (χ1v) is 7.03. The van der Waals surface area contributed by atoms with Crippen molar-refractivity contribution in [3.63, 3.8) is 0 Å². The fourth-order valence-electron chi connectivity index (χ4n) is 2.54. The molecule has 2 N–H and O–H groups in total. The molecular weight excluding hydrogens is 259 g/mol. The second-order valence-corrected chi connectivity index (χ2v) is 5.30. The SMILES string of the molecule is COc1ccc(C(N)CN2CCCOC(C)C2)cc1F. The van der Waals surface area contributed by atoms with Gasteiger partial charge in [0, 0.05) is 32.3 Å². The molecule has 0 aromatic heterocycles. The summed E-state index contributed by atoms with van der Waals surface area (Å²) in [5, 5.41) is 0. The average molecular weight is 282 g/mol. The van der Waals surface area contributed by atoms with Crippen LogP contribution in [0, 0.1) is 5.82 Å². The molecule has 0 amide bonds. The molecule has 0 bridgehead atoms. The van der Waals surface area contributed by atoms with Gasteiger partial charge in [-0.1, -0.05) is 6.07 Å². The maximum atomic E-state index is 13.7. The van der Waals surface area contributed by atoms with E-state index in [1.165, 1.54) is 13.2 Å². The Kier molecular flexibility index (Phi) is 5.34. The summed E-state index contributed by atoms with van der Waals surface area (Å²) in [7, 11) is 1.45. The number of hydrogen-bond donors (Lipinski definition) is 1. The zero-order valence-corrected chi connectivity index (χ0v) is 12.1. The van der Waals surface area contributed by atoms with Crippen molar-refractivity contribution in [3.05, 3.63) is 29.6 Å². The van der Waals surface area contributed by atoms with Gasteiger partial charge in [-0.15, -0.1) is 0 Å². The summed E-state index contributed by atoms with van der Waals surface area (Å²) in [6.45, 7) is 5.41. The molecule has 1 heterocycles. The van der Waals surface area contributed by atoms with E-state index in [2.05, 4.69) is 11.8 Å². The van der Waals surface area contributed by atoms with Gasteiger partial charge < -0.3 is 15.2 Å². The first kappa shape index (κ1) is 15.2. The maximum absolute atomic E-state index is 13.7. The van der Waals surface area contributed by atoms with E-state index in [0.29, 0.717) is 6.54 Å². The van der Waals surface area contributed by atoms with Crippen LogP contribution in [0.4, 0.5) is 4.39 Å². The van der Waals surface area contributed by atoms with Gasteiger partial charge in [-0.25, -0.2) is 4.39 Å². The highest BCUT2D eigenvalue weighted by atomic mass is 19.1. The molecular formula is C15H23FN2O2. The molecule has 2 rings (SSSR count). The normalized spacial score (nSPS) is 22.3. The van der Waals surface area contributed by atoms with Gasteiger partial charge in [0.1, 0.15) is 0 Å². The Balaban J connectivity index is 2.00. The highest BCUT2D eigenvalue weighted by molar-refractivity contribution is 5.31. The third kappa shape index (κ3) is 3.91. The van der Waals surface area contributed by atoms with Crippen LogP contribution in [0.1, 0.15) is 24.9 Å². The summed E-state index contributed by atoms with van der Waals surface area (Å²) in [4.78, 5) is 2.28. The van der Waals surface area contributed by atoms with Crippen molar-refractivity contribution in [2.24, 2.45) is 5.73 Å². The van der Waals surface area contributed by atoms with Crippen molar-refractivity contribution < 1.29 is 13.9 Å². The minimum Gasteiger partial charge on any atom is -0.494 e. The molecule has 4 nitrogen and oxygen atoms in total. The van der Waals surface area contributed by atoms with Crippen LogP contribution in [-0.4, -0.2) is 44.4 Å². The second kappa shape index (κ2) is 7.02. The van der Waals surface area contributed by atoms with E-state index < -0.39 is 0 Å². The summed E-state index contributed by atoms with van der Waals surface area (Å²) in [6.07, 6.45) is 1.23. The predicted molar refractivity (Wildman–Crippen MR) is 76.4 cm³/mol. The van der Waals surface area contributed by atoms with Crippen LogP contribution < -0.4 is 10.5 Å². The summed E-state index contributed by atoms with van der Waals surface area (Å²) < 4.78 is 24.2. The lowest BCUT2D eigenvalue weighted by Gasteiger charge is -2.25. The van der Waals surface area contributed by atoms with Gasteiger partial charge in [0.2, 0.25) is 0 Å². The van der Waals surface area contributed by atoms with Gasteiger partial charge in [0.05, 0.1) is 13.2 Å². The maximum Gasteiger partial charge on any atom is 0.165 e. The third-order valence-corrected chi connectivity index (χ3v) is 3.60. The van der Waals surface area contributed by atoms with E-state index in [9.17, 15) is 4.39 Å². The van der Waals surface area contributed by atoms with E-state index in [4.69, 9.17) is 15.2 Å². The average Bonchev–Trinajstić information content (AvgIpc) is 2.62. The molecule has 2 unspecified atom stereocenters. The molecule has 1 aromatic carbocycles. The number of ether oxygens (including phenoxy) is 2. The lowest BCUT2D eigenvalue weighted by atomic mass is 10.1. The Hall–Kier alpha value is -1.17. The second-order valence-electron chi connectivity index (χ2n) is 5.30. The molecule has 0 aliphatic carbocycles. The van der Waals surface area contributed by atoms with E-state index in [1.807, 2.05) is 6.07 Å². The highest BCUT2D eigenvalue weighted by Gasteiger charge is 2.18. The number of hydrogen-bond acceptors (Lipinski definition) is 4. The van der Waals surface area contributed by atoms with Crippen molar-refractivity contribution in [3.8, 4) is 5.75 Å². The Morgan fingerprint density at radius 3 is 3.05 bits per heavy atom. The van der Waals surface area contributed by atoms with Crippen LogP contribution in [0.25, 0.3) is 0 Å². The third-order valence-electron chi connectivity index (χ3n) is 3.60. The fraction of sp³-hybridized carbons (Fsp3) is 0.600. The number of methoxy groups -OCH3 is 1. The summed E-state index contributed by atoms with van der Waals surface area (Å²) in [5.41, 5.74) is 6.99. The molecule has 1 aliphatic heterocycles. The van der Waals surface area contributed by atoms with Gasteiger partial charge in [-0.3, -0.25) is 4.90 Å². The zero-order chi connectivity index (χ0) is 14.5. The van der Waals surface area contributed by atoms with Crippen LogP contribution in [-0.2, 0) is 4.74 Å². The molecule has 2 atom stereocenters. The molecule has 1 aromatic rings. The molecule has 112 valence electrons. The van der Waals surface area contributed by atoms with Gasteiger partial charge >= 0.3 is 0 Å². The summed E-state index contributed by atoms with van der Waals surface area (Å²) >= 11 is 0. The Morgan fingerprint density at radius 2 is 2.35 bits per heavy atom. The van der Waals surface area contributed by atoms with E-state index in [0.717, 1.165) is 31.7 Å². The predicted octanol–water partition coefficient (Wildman–Crippen LogP) is 1.94. The van der Waals surface area contributed by atoms with Crippen molar-refractivity contribution in [1.29, 1.82) is 0 Å². The Morgan fingerprint density at radius 1 is 1.55 bits per heavy atom. The van der Waals surface area contributed by atoms with Crippen molar-refractivity contribution in [1.82, 2.24) is 4.90 Å². The summed E-state index contributed by atoms with van der Waals surface area (Å²) in [5.74, 6) is -0.120. The Bertz CT molecular complexity index is 442. The van der Waals surface area contributed by atoms with E-state index in [-0.39, 0.29) is 23.7 Å². The highest BCUT2D eigenvalue weighted by Crippen LogP contribution is 2.21. The van der Waals surface area contributed by atoms with E-state index in [1.54, 1.807) is 6.07 Å². The van der Waals surface area contributed by atoms with Crippen molar-refractivity contribution in [2.75, 3.05) is 33.4 Å². The quantitative estimate of drug-likeness (QED) is 0.917.